The maximum Gasteiger partial charge on any atom is 0.225 e. The molecule has 0 unspecified atom stereocenters. The maximum atomic E-state index is 13.0. The zero-order valence-corrected chi connectivity index (χ0v) is 16.8. The van der Waals surface area contributed by atoms with Crippen LogP contribution in [0.3, 0.4) is 0 Å². The van der Waals surface area contributed by atoms with E-state index in [-0.39, 0.29) is 17.9 Å². The number of carbonyl (C=O) groups is 1. The molecule has 5 rings (SSSR count). The molecule has 29 heavy (non-hydrogen) atoms. The molecule has 0 aromatic heterocycles. The molecule has 3 aliphatic rings. The van der Waals surface area contributed by atoms with E-state index in [0.717, 1.165) is 51.2 Å². The Hall–Kier alpha value is -2.53. The van der Waals surface area contributed by atoms with Gasteiger partial charge in [-0.2, -0.15) is 0 Å². The Morgan fingerprint density at radius 3 is 2.66 bits per heavy atom. The van der Waals surface area contributed by atoms with E-state index >= 15 is 0 Å². The van der Waals surface area contributed by atoms with Crippen molar-refractivity contribution in [3.8, 4) is 5.75 Å². The quantitative estimate of drug-likeness (QED) is 0.822. The lowest BCUT2D eigenvalue weighted by atomic mass is 9.83. The Morgan fingerprint density at radius 2 is 1.83 bits per heavy atom. The Kier molecular flexibility index (Phi) is 5.15. The van der Waals surface area contributed by atoms with Gasteiger partial charge in [-0.05, 0) is 43.0 Å². The second-order valence-corrected chi connectivity index (χ2v) is 8.45. The minimum atomic E-state index is 0.0170. The number of fused-ring (bicyclic) bond motifs is 3. The van der Waals surface area contributed by atoms with E-state index in [1.807, 2.05) is 30.3 Å². The van der Waals surface area contributed by atoms with Crippen molar-refractivity contribution in [3.05, 3.63) is 60.2 Å². The van der Waals surface area contributed by atoms with Crippen LogP contribution in [0.4, 0.5) is 5.69 Å². The van der Waals surface area contributed by atoms with Crippen molar-refractivity contribution in [1.82, 2.24) is 10.2 Å². The van der Waals surface area contributed by atoms with Gasteiger partial charge in [0.2, 0.25) is 5.91 Å². The number of rotatable bonds is 6. The van der Waals surface area contributed by atoms with Crippen molar-refractivity contribution in [2.24, 2.45) is 5.92 Å². The lowest BCUT2D eigenvalue weighted by molar-refractivity contribution is -0.126. The zero-order valence-electron chi connectivity index (χ0n) is 16.8. The summed E-state index contributed by atoms with van der Waals surface area (Å²) in [4.78, 5) is 18.0. The molecule has 5 heteroatoms. The van der Waals surface area contributed by atoms with E-state index in [0.29, 0.717) is 12.6 Å². The highest BCUT2D eigenvalue weighted by molar-refractivity contribution is 5.82. The number of hydrogen-bond acceptors (Lipinski definition) is 4. The molecule has 0 bridgehead atoms. The van der Waals surface area contributed by atoms with E-state index < -0.39 is 0 Å². The Morgan fingerprint density at radius 1 is 1.03 bits per heavy atom. The molecule has 1 N–H and O–H groups in total. The second-order valence-electron chi connectivity index (χ2n) is 8.45. The fourth-order valence-electron chi connectivity index (χ4n) is 4.67. The Labute approximate surface area is 172 Å². The number of benzene rings is 2. The highest BCUT2D eigenvalue weighted by Gasteiger charge is 2.42. The SMILES string of the molecule is O=C(NC1CC1)[C@H]1Cc2ccccc2N2CCN(CCOc3ccccc3)C[C@@H]12. The number of anilines is 1. The first-order valence-corrected chi connectivity index (χ1v) is 10.8. The number of amides is 1. The monoisotopic (exact) mass is 391 g/mol. The summed E-state index contributed by atoms with van der Waals surface area (Å²) in [7, 11) is 0. The maximum absolute atomic E-state index is 13.0. The lowest BCUT2D eigenvalue weighted by Gasteiger charge is -2.49. The van der Waals surface area contributed by atoms with Gasteiger partial charge in [0, 0.05) is 37.9 Å². The number of hydrogen-bond donors (Lipinski definition) is 1. The first kappa shape index (κ1) is 18.5. The standard InChI is InChI=1S/C24H29N3O2/c28-24(25-19-10-11-19)21-16-18-6-4-5-9-22(18)27-13-12-26(17-23(21)27)14-15-29-20-7-2-1-3-8-20/h1-9,19,21,23H,10-17H2,(H,25,28)/t21-,23-/m0/s1. The summed E-state index contributed by atoms with van der Waals surface area (Å²) in [5, 5.41) is 3.26. The van der Waals surface area contributed by atoms with Crippen LogP contribution in [0.15, 0.2) is 54.6 Å². The van der Waals surface area contributed by atoms with E-state index in [1.54, 1.807) is 0 Å². The van der Waals surface area contributed by atoms with Gasteiger partial charge in [0.15, 0.2) is 0 Å². The van der Waals surface area contributed by atoms with Gasteiger partial charge in [0.25, 0.3) is 0 Å². The van der Waals surface area contributed by atoms with Crippen molar-refractivity contribution in [2.45, 2.75) is 31.3 Å². The van der Waals surface area contributed by atoms with Crippen molar-refractivity contribution in [3.63, 3.8) is 0 Å². The largest absolute Gasteiger partial charge is 0.492 e. The Bertz CT molecular complexity index is 852. The summed E-state index contributed by atoms with van der Waals surface area (Å²) in [5.74, 6) is 1.17. The second kappa shape index (κ2) is 8.07. The average molecular weight is 392 g/mol. The van der Waals surface area contributed by atoms with Crippen LogP contribution >= 0.6 is 0 Å². The fourth-order valence-corrected chi connectivity index (χ4v) is 4.67. The number of para-hydroxylation sites is 2. The van der Waals surface area contributed by atoms with E-state index in [1.165, 1.54) is 11.3 Å². The topological polar surface area (TPSA) is 44.8 Å². The molecule has 2 aliphatic heterocycles. The molecular weight excluding hydrogens is 362 g/mol. The fraction of sp³-hybridized carbons (Fsp3) is 0.458. The number of nitrogens with one attached hydrogen (secondary N) is 1. The summed E-state index contributed by atoms with van der Waals surface area (Å²) >= 11 is 0. The van der Waals surface area contributed by atoms with Crippen molar-refractivity contribution < 1.29 is 9.53 Å². The first-order valence-electron chi connectivity index (χ1n) is 10.8. The lowest BCUT2D eigenvalue weighted by Crippen LogP contribution is -2.61. The molecule has 1 saturated carbocycles. The molecule has 1 aliphatic carbocycles. The van der Waals surface area contributed by atoms with Gasteiger partial charge >= 0.3 is 0 Å². The van der Waals surface area contributed by atoms with Gasteiger partial charge in [-0.1, -0.05) is 36.4 Å². The summed E-state index contributed by atoms with van der Waals surface area (Å²) in [5.41, 5.74) is 2.62. The van der Waals surface area contributed by atoms with Gasteiger partial charge in [0.05, 0.1) is 12.0 Å². The van der Waals surface area contributed by atoms with Crippen LogP contribution in [-0.4, -0.2) is 55.7 Å². The van der Waals surface area contributed by atoms with Gasteiger partial charge < -0.3 is 15.0 Å². The molecule has 2 aromatic rings. The zero-order chi connectivity index (χ0) is 19.6. The third-order valence-corrected chi connectivity index (χ3v) is 6.39. The normalized spacial score (nSPS) is 23.8. The van der Waals surface area contributed by atoms with Crippen LogP contribution in [0, 0.1) is 5.92 Å². The van der Waals surface area contributed by atoms with Gasteiger partial charge in [0.1, 0.15) is 12.4 Å². The van der Waals surface area contributed by atoms with Crippen molar-refractivity contribution >= 4 is 11.6 Å². The first-order chi connectivity index (χ1) is 14.3. The third kappa shape index (κ3) is 4.10. The summed E-state index contributed by atoms with van der Waals surface area (Å²) in [6.45, 7) is 4.43. The highest BCUT2D eigenvalue weighted by atomic mass is 16.5. The summed E-state index contributed by atoms with van der Waals surface area (Å²) in [6.07, 6.45) is 3.10. The summed E-state index contributed by atoms with van der Waals surface area (Å²) in [6, 6.07) is 19.2. The molecule has 1 saturated heterocycles. The molecule has 2 aromatic carbocycles. The number of piperazine rings is 1. The van der Waals surface area contributed by atoms with Crippen LogP contribution in [-0.2, 0) is 11.2 Å². The third-order valence-electron chi connectivity index (χ3n) is 6.39. The van der Waals surface area contributed by atoms with Gasteiger partial charge in [-0.25, -0.2) is 0 Å². The van der Waals surface area contributed by atoms with Crippen LogP contribution in [0.5, 0.6) is 5.75 Å². The molecule has 0 radical (unpaired) electrons. The molecule has 2 atom stereocenters. The number of nitrogens with zero attached hydrogens (tertiary/aromatic N) is 2. The molecule has 5 nitrogen and oxygen atoms in total. The average Bonchev–Trinajstić information content (AvgIpc) is 3.58. The van der Waals surface area contributed by atoms with Crippen LogP contribution in [0.1, 0.15) is 18.4 Å². The van der Waals surface area contributed by atoms with Crippen LogP contribution < -0.4 is 15.0 Å². The van der Waals surface area contributed by atoms with Crippen molar-refractivity contribution in [2.75, 3.05) is 37.7 Å². The number of carbonyl (C=O) groups excluding carboxylic acids is 1. The van der Waals surface area contributed by atoms with Crippen LogP contribution in [0.25, 0.3) is 0 Å². The minimum Gasteiger partial charge on any atom is -0.492 e. The van der Waals surface area contributed by atoms with E-state index in [9.17, 15) is 4.79 Å². The molecule has 2 fully saturated rings. The molecule has 1 amide bonds. The molecule has 2 heterocycles. The van der Waals surface area contributed by atoms with Gasteiger partial charge in [-0.15, -0.1) is 0 Å². The predicted molar refractivity (Wildman–Crippen MR) is 114 cm³/mol. The predicted octanol–water partition coefficient (Wildman–Crippen LogP) is 2.71. The van der Waals surface area contributed by atoms with E-state index in [2.05, 4.69) is 39.4 Å². The summed E-state index contributed by atoms with van der Waals surface area (Å²) < 4.78 is 5.90. The smallest absolute Gasteiger partial charge is 0.225 e. The van der Waals surface area contributed by atoms with Gasteiger partial charge in [-0.3, -0.25) is 9.69 Å². The molecule has 0 spiro atoms. The highest BCUT2D eigenvalue weighted by Crippen LogP contribution is 2.36. The van der Waals surface area contributed by atoms with Crippen LogP contribution in [0.2, 0.25) is 0 Å². The minimum absolute atomic E-state index is 0.0170. The molecular formula is C24H29N3O2. The van der Waals surface area contributed by atoms with E-state index in [4.69, 9.17) is 4.74 Å². The molecule has 152 valence electrons. The Balaban J connectivity index is 1.27. The number of ether oxygens (including phenoxy) is 1. The van der Waals surface area contributed by atoms with Crippen molar-refractivity contribution in [1.29, 1.82) is 0 Å².